The molecule has 3 rings (SSSR count). The Morgan fingerprint density at radius 1 is 1.21 bits per heavy atom. The van der Waals surface area contributed by atoms with Gasteiger partial charge in [-0.2, -0.15) is 0 Å². The van der Waals surface area contributed by atoms with E-state index in [1.54, 1.807) is 12.1 Å². The molecule has 5 heteroatoms. The minimum absolute atomic E-state index is 0.182. The third-order valence-electron chi connectivity index (χ3n) is 3.04. The number of hydrogen-bond acceptors (Lipinski definition) is 2. The maximum atomic E-state index is 13.3. The minimum Gasteiger partial charge on any atom is -0.493 e. The van der Waals surface area contributed by atoms with Gasteiger partial charge in [-0.25, -0.2) is 4.39 Å². The minimum atomic E-state index is -0.413. The second-order valence-electron chi connectivity index (χ2n) is 4.15. The molecule has 0 radical (unpaired) electrons. The summed E-state index contributed by atoms with van der Waals surface area (Å²) in [5.41, 5.74) is 0.704. The first kappa shape index (κ1) is 12.0. The van der Waals surface area contributed by atoms with E-state index in [4.69, 9.17) is 16.3 Å². The molecule has 0 aliphatic rings. The number of nitrogens with one attached hydrogen (secondary N) is 1. The van der Waals surface area contributed by atoms with Crippen molar-refractivity contribution in [1.29, 1.82) is 0 Å². The molecule has 0 saturated heterocycles. The topological polar surface area (TPSA) is 42.1 Å². The van der Waals surface area contributed by atoms with E-state index < -0.39 is 5.82 Å². The number of H-pyrrole nitrogens is 1. The largest absolute Gasteiger partial charge is 0.493 e. The van der Waals surface area contributed by atoms with Crippen LogP contribution < -0.4 is 10.2 Å². The van der Waals surface area contributed by atoms with Gasteiger partial charge in [-0.05, 0) is 30.3 Å². The second-order valence-corrected chi connectivity index (χ2v) is 4.55. The Kier molecular flexibility index (Phi) is 2.68. The molecule has 0 amide bonds. The molecule has 2 aromatic carbocycles. The van der Waals surface area contributed by atoms with Gasteiger partial charge in [0.1, 0.15) is 5.82 Å². The Labute approximate surface area is 112 Å². The molecule has 0 spiro atoms. The number of rotatable bonds is 1. The zero-order valence-corrected chi connectivity index (χ0v) is 10.7. The monoisotopic (exact) mass is 277 g/mol. The Bertz CT molecular complexity index is 857. The number of fused-ring (bicyclic) bond motifs is 2. The van der Waals surface area contributed by atoms with Crippen LogP contribution >= 0.6 is 11.6 Å². The molecule has 1 heterocycles. The molecule has 19 heavy (non-hydrogen) atoms. The van der Waals surface area contributed by atoms with Crippen molar-refractivity contribution < 1.29 is 9.13 Å². The highest BCUT2D eigenvalue weighted by atomic mass is 35.5. The fourth-order valence-corrected chi connectivity index (χ4v) is 2.40. The van der Waals surface area contributed by atoms with Crippen LogP contribution in [0.4, 0.5) is 4.39 Å². The second kappa shape index (κ2) is 4.24. The van der Waals surface area contributed by atoms with Crippen LogP contribution in [-0.4, -0.2) is 12.1 Å². The molecule has 3 aromatic rings. The van der Waals surface area contributed by atoms with Gasteiger partial charge in [0.2, 0.25) is 0 Å². The third-order valence-corrected chi connectivity index (χ3v) is 3.34. The molecular formula is C14H9ClFNO2. The molecule has 0 fully saturated rings. The number of pyridine rings is 1. The van der Waals surface area contributed by atoms with Crippen LogP contribution in [0.5, 0.6) is 5.75 Å². The van der Waals surface area contributed by atoms with E-state index in [1.165, 1.54) is 25.3 Å². The van der Waals surface area contributed by atoms with Crippen LogP contribution in [0.2, 0.25) is 5.02 Å². The summed E-state index contributed by atoms with van der Waals surface area (Å²) in [6.45, 7) is 0. The zero-order valence-electron chi connectivity index (χ0n) is 9.96. The van der Waals surface area contributed by atoms with E-state index in [0.29, 0.717) is 32.6 Å². The smallest absolute Gasteiger partial charge is 0.197 e. The van der Waals surface area contributed by atoms with E-state index in [0.717, 1.165) is 0 Å². The van der Waals surface area contributed by atoms with Crippen LogP contribution in [0.1, 0.15) is 0 Å². The summed E-state index contributed by atoms with van der Waals surface area (Å²) in [5.74, 6) is -0.0362. The molecule has 1 aromatic heterocycles. The van der Waals surface area contributed by atoms with Crippen molar-refractivity contribution in [3.8, 4) is 5.75 Å². The SMILES string of the molecule is COc1c(Cl)ccc2c(=O)c3ccc(F)cc3[nH]c12. The fraction of sp³-hybridized carbons (Fsp3) is 0.0714. The highest BCUT2D eigenvalue weighted by Crippen LogP contribution is 2.31. The van der Waals surface area contributed by atoms with Gasteiger partial charge >= 0.3 is 0 Å². The maximum Gasteiger partial charge on any atom is 0.197 e. The van der Waals surface area contributed by atoms with E-state index in [2.05, 4.69) is 4.98 Å². The predicted octanol–water partition coefficient (Wildman–Crippen LogP) is 3.48. The van der Waals surface area contributed by atoms with E-state index >= 15 is 0 Å². The van der Waals surface area contributed by atoms with Crippen molar-refractivity contribution in [1.82, 2.24) is 4.98 Å². The first-order valence-corrected chi connectivity index (χ1v) is 5.97. The van der Waals surface area contributed by atoms with Crippen LogP contribution in [0.15, 0.2) is 35.1 Å². The standard InChI is InChI=1S/C14H9ClFNO2/c1-19-14-10(15)5-4-9-12(14)17-11-6-7(16)2-3-8(11)13(9)18/h2-6H,1H3,(H,17,18). The number of halogens is 2. The van der Waals surface area contributed by atoms with Gasteiger partial charge in [0, 0.05) is 5.39 Å². The molecule has 96 valence electrons. The summed E-state index contributed by atoms with van der Waals surface area (Å²) in [6, 6.07) is 7.23. The van der Waals surface area contributed by atoms with Crippen LogP contribution in [0.3, 0.4) is 0 Å². The van der Waals surface area contributed by atoms with E-state index in [9.17, 15) is 9.18 Å². The highest BCUT2D eigenvalue weighted by Gasteiger charge is 2.12. The van der Waals surface area contributed by atoms with Crippen molar-refractivity contribution in [2.45, 2.75) is 0 Å². The summed E-state index contributed by atoms with van der Waals surface area (Å²) < 4.78 is 18.4. The lowest BCUT2D eigenvalue weighted by Crippen LogP contribution is -2.05. The number of aromatic nitrogens is 1. The summed E-state index contributed by atoms with van der Waals surface area (Å²) in [7, 11) is 1.47. The van der Waals surface area contributed by atoms with Gasteiger partial charge in [-0.15, -0.1) is 0 Å². The lowest BCUT2D eigenvalue weighted by atomic mass is 10.1. The normalized spacial score (nSPS) is 11.1. The Morgan fingerprint density at radius 3 is 2.68 bits per heavy atom. The average Bonchev–Trinajstić information content (AvgIpc) is 2.38. The lowest BCUT2D eigenvalue weighted by Gasteiger charge is -2.09. The van der Waals surface area contributed by atoms with Crippen molar-refractivity contribution in [3.63, 3.8) is 0 Å². The van der Waals surface area contributed by atoms with Crippen LogP contribution in [0.25, 0.3) is 21.8 Å². The van der Waals surface area contributed by atoms with Gasteiger partial charge in [0.05, 0.1) is 28.6 Å². The lowest BCUT2D eigenvalue weighted by molar-refractivity contribution is 0.419. The van der Waals surface area contributed by atoms with Crippen molar-refractivity contribution in [3.05, 3.63) is 51.4 Å². The fourth-order valence-electron chi connectivity index (χ4n) is 2.17. The number of ether oxygens (including phenoxy) is 1. The molecule has 0 atom stereocenters. The number of benzene rings is 2. The molecule has 0 aliphatic carbocycles. The van der Waals surface area contributed by atoms with E-state index in [1.807, 2.05) is 0 Å². The quantitative estimate of drug-likeness (QED) is 0.692. The molecule has 0 bridgehead atoms. The number of methoxy groups -OCH3 is 1. The van der Waals surface area contributed by atoms with Crippen molar-refractivity contribution >= 4 is 33.4 Å². The molecule has 0 unspecified atom stereocenters. The summed E-state index contributed by atoms with van der Waals surface area (Å²) in [6.07, 6.45) is 0. The summed E-state index contributed by atoms with van der Waals surface area (Å²) in [5, 5.41) is 1.28. The van der Waals surface area contributed by atoms with Crippen LogP contribution in [-0.2, 0) is 0 Å². The molecule has 0 aliphatic heterocycles. The zero-order chi connectivity index (χ0) is 13.6. The van der Waals surface area contributed by atoms with Gasteiger partial charge in [0.15, 0.2) is 11.2 Å². The maximum absolute atomic E-state index is 13.3. The Morgan fingerprint density at radius 2 is 1.95 bits per heavy atom. The van der Waals surface area contributed by atoms with Gasteiger partial charge in [0.25, 0.3) is 0 Å². The molecular weight excluding hydrogens is 269 g/mol. The van der Waals surface area contributed by atoms with Gasteiger partial charge in [-0.1, -0.05) is 11.6 Å². The Hall–Kier alpha value is -2.07. The predicted molar refractivity (Wildman–Crippen MR) is 73.6 cm³/mol. The molecule has 1 N–H and O–H groups in total. The summed E-state index contributed by atoms with van der Waals surface area (Å²) >= 11 is 6.02. The average molecular weight is 278 g/mol. The summed E-state index contributed by atoms with van der Waals surface area (Å²) in [4.78, 5) is 15.3. The van der Waals surface area contributed by atoms with Crippen LogP contribution in [0, 0.1) is 5.82 Å². The van der Waals surface area contributed by atoms with Gasteiger partial charge in [-0.3, -0.25) is 4.79 Å². The first-order chi connectivity index (χ1) is 9.11. The van der Waals surface area contributed by atoms with Crippen molar-refractivity contribution in [2.24, 2.45) is 0 Å². The number of aromatic amines is 1. The molecule has 3 nitrogen and oxygen atoms in total. The molecule has 0 saturated carbocycles. The van der Waals surface area contributed by atoms with Gasteiger partial charge < -0.3 is 9.72 Å². The highest BCUT2D eigenvalue weighted by molar-refractivity contribution is 6.33. The number of hydrogen-bond donors (Lipinski definition) is 1. The Balaban J connectivity index is 2.57. The van der Waals surface area contributed by atoms with Crippen molar-refractivity contribution in [2.75, 3.05) is 7.11 Å². The van der Waals surface area contributed by atoms with E-state index in [-0.39, 0.29) is 5.43 Å². The third kappa shape index (κ3) is 1.76. The first-order valence-electron chi connectivity index (χ1n) is 5.59.